The van der Waals surface area contributed by atoms with Crippen LogP contribution in [0.4, 0.5) is 0 Å². The zero-order chi connectivity index (χ0) is 14.1. The van der Waals surface area contributed by atoms with Gasteiger partial charge in [-0.25, -0.2) is 0 Å². The van der Waals surface area contributed by atoms with Gasteiger partial charge in [-0.3, -0.25) is 4.79 Å². The maximum atomic E-state index is 11.5. The van der Waals surface area contributed by atoms with Crippen LogP contribution in [0, 0.1) is 13.8 Å². The molecule has 0 fully saturated rings. The number of hydrogen-bond donors (Lipinski definition) is 2. The number of benzene rings is 1. The molecule has 0 bridgehead atoms. The molecule has 4 nitrogen and oxygen atoms in total. The lowest BCUT2D eigenvalue weighted by Gasteiger charge is -2.08. The topological polar surface area (TPSA) is 50.4 Å². The standard InChI is InChI=1S/C15H24N2O2.ClH/c1-12-5-6-14(11-13(12)2)19-10-7-15(18)17-9-4-8-16-3;/h5-6,11,16H,4,7-10H2,1-3H3,(H,17,18);1H. The lowest BCUT2D eigenvalue weighted by molar-refractivity contribution is -0.121. The molecule has 0 aliphatic rings. The Kier molecular flexibility index (Phi) is 9.86. The van der Waals surface area contributed by atoms with Crippen molar-refractivity contribution in [2.75, 3.05) is 26.7 Å². The molecule has 2 N–H and O–H groups in total. The lowest BCUT2D eigenvalue weighted by Crippen LogP contribution is -2.27. The monoisotopic (exact) mass is 300 g/mol. The van der Waals surface area contributed by atoms with Crippen LogP contribution in [0.15, 0.2) is 18.2 Å². The van der Waals surface area contributed by atoms with Crippen LogP contribution in [0.1, 0.15) is 24.0 Å². The number of amides is 1. The van der Waals surface area contributed by atoms with Gasteiger partial charge in [-0.05, 0) is 57.1 Å². The van der Waals surface area contributed by atoms with E-state index in [1.54, 1.807) is 0 Å². The molecule has 114 valence electrons. The molecule has 1 aromatic rings. The van der Waals surface area contributed by atoms with Crippen molar-refractivity contribution >= 4 is 18.3 Å². The lowest BCUT2D eigenvalue weighted by atomic mass is 10.1. The molecule has 0 aliphatic carbocycles. The van der Waals surface area contributed by atoms with Crippen molar-refractivity contribution in [2.24, 2.45) is 0 Å². The second-order valence-corrected chi connectivity index (χ2v) is 4.65. The molecular formula is C15H25ClN2O2. The number of halogens is 1. The van der Waals surface area contributed by atoms with Crippen LogP contribution < -0.4 is 15.4 Å². The first-order valence-electron chi connectivity index (χ1n) is 6.75. The van der Waals surface area contributed by atoms with Crippen LogP contribution in [-0.4, -0.2) is 32.7 Å². The van der Waals surface area contributed by atoms with E-state index in [2.05, 4.69) is 24.5 Å². The fraction of sp³-hybridized carbons (Fsp3) is 0.533. The third kappa shape index (κ3) is 7.36. The highest BCUT2D eigenvalue weighted by Gasteiger charge is 2.02. The van der Waals surface area contributed by atoms with E-state index in [-0.39, 0.29) is 18.3 Å². The van der Waals surface area contributed by atoms with Gasteiger partial charge in [-0.1, -0.05) is 6.07 Å². The summed E-state index contributed by atoms with van der Waals surface area (Å²) in [5, 5.41) is 5.91. The number of aryl methyl sites for hydroxylation is 2. The van der Waals surface area contributed by atoms with E-state index in [0.717, 1.165) is 18.7 Å². The summed E-state index contributed by atoms with van der Waals surface area (Å²) in [6.07, 6.45) is 1.34. The van der Waals surface area contributed by atoms with E-state index in [0.29, 0.717) is 19.6 Å². The first-order chi connectivity index (χ1) is 9.13. The quantitative estimate of drug-likeness (QED) is 0.724. The Labute approximate surface area is 127 Å². The molecule has 0 saturated carbocycles. The number of hydrogen-bond acceptors (Lipinski definition) is 3. The normalized spacial score (nSPS) is 9.75. The van der Waals surface area contributed by atoms with E-state index < -0.39 is 0 Å². The van der Waals surface area contributed by atoms with Crippen molar-refractivity contribution < 1.29 is 9.53 Å². The van der Waals surface area contributed by atoms with E-state index in [1.165, 1.54) is 11.1 Å². The van der Waals surface area contributed by atoms with E-state index >= 15 is 0 Å². The average molecular weight is 301 g/mol. The summed E-state index contributed by atoms with van der Waals surface area (Å²) in [7, 11) is 1.90. The van der Waals surface area contributed by atoms with Gasteiger partial charge in [0.05, 0.1) is 13.0 Å². The Balaban J connectivity index is 0.00000361. The Bertz CT molecular complexity index is 411. The zero-order valence-electron chi connectivity index (χ0n) is 12.5. The van der Waals surface area contributed by atoms with Gasteiger partial charge in [0.1, 0.15) is 5.75 Å². The summed E-state index contributed by atoms with van der Waals surface area (Å²) in [6.45, 7) is 6.16. The van der Waals surface area contributed by atoms with Crippen LogP contribution in [-0.2, 0) is 4.79 Å². The number of ether oxygens (including phenoxy) is 1. The van der Waals surface area contributed by atoms with Crippen LogP contribution >= 0.6 is 12.4 Å². The van der Waals surface area contributed by atoms with Crippen molar-refractivity contribution in [3.8, 4) is 5.75 Å². The second kappa shape index (κ2) is 10.5. The zero-order valence-corrected chi connectivity index (χ0v) is 13.3. The van der Waals surface area contributed by atoms with Crippen molar-refractivity contribution in [2.45, 2.75) is 26.7 Å². The smallest absolute Gasteiger partial charge is 0.223 e. The van der Waals surface area contributed by atoms with E-state index in [4.69, 9.17) is 4.74 Å². The molecule has 5 heteroatoms. The predicted octanol–water partition coefficient (Wildman–Crippen LogP) is 2.22. The van der Waals surface area contributed by atoms with Gasteiger partial charge in [0.15, 0.2) is 0 Å². The average Bonchev–Trinajstić information content (AvgIpc) is 2.39. The summed E-state index contributed by atoms with van der Waals surface area (Å²) < 4.78 is 5.57. The fourth-order valence-corrected chi connectivity index (χ4v) is 1.65. The van der Waals surface area contributed by atoms with Gasteiger partial charge in [0.2, 0.25) is 5.91 Å². The Morgan fingerprint density at radius 3 is 2.60 bits per heavy atom. The van der Waals surface area contributed by atoms with Crippen molar-refractivity contribution in [1.29, 1.82) is 0 Å². The molecule has 0 unspecified atom stereocenters. The molecule has 1 amide bonds. The molecule has 0 heterocycles. The van der Waals surface area contributed by atoms with Crippen LogP contribution in [0.25, 0.3) is 0 Å². The van der Waals surface area contributed by atoms with Gasteiger partial charge in [-0.15, -0.1) is 12.4 Å². The number of carbonyl (C=O) groups excluding carboxylic acids is 1. The second-order valence-electron chi connectivity index (χ2n) is 4.65. The summed E-state index contributed by atoms with van der Waals surface area (Å²) >= 11 is 0. The highest BCUT2D eigenvalue weighted by Crippen LogP contribution is 2.16. The molecule has 0 saturated heterocycles. The molecule has 0 spiro atoms. The molecule has 0 radical (unpaired) electrons. The van der Waals surface area contributed by atoms with Crippen LogP contribution in [0.2, 0.25) is 0 Å². The van der Waals surface area contributed by atoms with Crippen molar-refractivity contribution in [3.63, 3.8) is 0 Å². The third-order valence-electron chi connectivity index (χ3n) is 3.00. The largest absolute Gasteiger partial charge is 0.493 e. The Hall–Kier alpha value is -1.26. The van der Waals surface area contributed by atoms with Gasteiger partial charge < -0.3 is 15.4 Å². The van der Waals surface area contributed by atoms with Gasteiger partial charge in [0.25, 0.3) is 0 Å². The van der Waals surface area contributed by atoms with Crippen molar-refractivity contribution in [3.05, 3.63) is 29.3 Å². The minimum absolute atomic E-state index is 0. The number of nitrogens with one attached hydrogen (secondary N) is 2. The van der Waals surface area contributed by atoms with Gasteiger partial charge in [-0.2, -0.15) is 0 Å². The fourth-order valence-electron chi connectivity index (χ4n) is 1.65. The molecular weight excluding hydrogens is 276 g/mol. The van der Waals surface area contributed by atoms with E-state index in [9.17, 15) is 4.79 Å². The van der Waals surface area contributed by atoms with Crippen LogP contribution in [0.5, 0.6) is 5.75 Å². The summed E-state index contributed by atoms with van der Waals surface area (Å²) in [5.74, 6) is 0.867. The SMILES string of the molecule is CNCCCNC(=O)CCOc1ccc(C)c(C)c1.Cl. The third-order valence-corrected chi connectivity index (χ3v) is 3.00. The first kappa shape index (κ1) is 18.7. The number of rotatable bonds is 8. The molecule has 0 aliphatic heterocycles. The summed E-state index contributed by atoms with van der Waals surface area (Å²) in [4.78, 5) is 11.5. The maximum absolute atomic E-state index is 11.5. The van der Waals surface area contributed by atoms with Crippen LogP contribution in [0.3, 0.4) is 0 Å². The Morgan fingerprint density at radius 2 is 1.95 bits per heavy atom. The van der Waals surface area contributed by atoms with Gasteiger partial charge >= 0.3 is 0 Å². The molecule has 1 rings (SSSR count). The maximum Gasteiger partial charge on any atom is 0.223 e. The predicted molar refractivity (Wildman–Crippen MR) is 84.8 cm³/mol. The van der Waals surface area contributed by atoms with Crippen molar-refractivity contribution in [1.82, 2.24) is 10.6 Å². The highest BCUT2D eigenvalue weighted by molar-refractivity contribution is 5.85. The highest BCUT2D eigenvalue weighted by atomic mass is 35.5. The van der Waals surface area contributed by atoms with E-state index in [1.807, 2.05) is 25.2 Å². The Morgan fingerprint density at radius 1 is 1.20 bits per heavy atom. The molecule has 20 heavy (non-hydrogen) atoms. The first-order valence-corrected chi connectivity index (χ1v) is 6.75. The summed E-state index contributed by atoms with van der Waals surface area (Å²) in [5.41, 5.74) is 2.45. The number of carbonyl (C=O) groups is 1. The molecule has 0 atom stereocenters. The molecule has 0 aromatic heterocycles. The molecule has 1 aromatic carbocycles. The minimum Gasteiger partial charge on any atom is -0.493 e. The van der Waals surface area contributed by atoms with Gasteiger partial charge in [0, 0.05) is 6.54 Å². The minimum atomic E-state index is 0. The summed E-state index contributed by atoms with van der Waals surface area (Å²) in [6, 6.07) is 5.97.